The number of amides is 1. The highest BCUT2D eigenvalue weighted by atomic mass is 32.1. The van der Waals surface area contributed by atoms with Crippen LogP contribution in [0.4, 0.5) is 10.8 Å². The maximum atomic E-state index is 12.2. The van der Waals surface area contributed by atoms with Crippen LogP contribution in [-0.4, -0.2) is 24.0 Å². The molecule has 3 rings (SSSR count). The van der Waals surface area contributed by atoms with Crippen LogP contribution < -0.4 is 15.4 Å². The quantitative estimate of drug-likeness (QED) is 0.885. The number of nitrogens with zero attached hydrogens (tertiary/aromatic N) is 2. The van der Waals surface area contributed by atoms with Crippen LogP contribution >= 0.6 is 11.3 Å². The van der Waals surface area contributed by atoms with E-state index in [1.54, 1.807) is 11.0 Å². The van der Waals surface area contributed by atoms with Gasteiger partial charge in [-0.25, -0.2) is 4.98 Å². The highest BCUT2D eigenvalue weighted by molar-refractivity contribution is 7.13. The predicted molar refractivity (Wildman–Crippen MR) is 84.6 cm³/mol. The molecule has 0 aliphatic carbocycles. The third kappa shape index (κ3) is 2.62. The molecule has 0 atom stereocenters. The maximum absolute atomic E-state index is 12.2. The molecule has 0 spiro atoms. The summed E-state index contributed by atoms with van der Waals surface area (Å²) in [5.74, 6) is 0.734. The molecule has 1 aliphatic heterocycles. The largest absolute Gasteiger partial charge is 0.491 e. The number of fused-ring (bicyclic) bond motifs is 1. The number of carbonyl (C=O) groups excluding carboxylic acids is 1. The minimum absolute atomic E-state index is 0.0311. The lowest BCUT2D eigenvalue weighted by Gasteiger charge is -2.20. The zero-order valence-corrected chi connectivity index (χ0v) is 12.2. The molecule has 0 saturated carbocycles. The molecule has 0 unspecified atom stereocenters. The average molecular weight is 301 g/mol. The van der Waals surface area contributed by atoms with Gasteiger partial charge < -0.3 is 15.4 Å². The lowest BCUT2D eigenvalue weighted by atomic mass is 10.1. The molecule has 2 heterocycles. The zero-order valence-electron chi connectivity index (χ0n) is 11.4. The van der Waals surface area contributed by atoms with E-state index in [9.17, 15) is 4.79 Å². The van der Waals surface area contributed by atoms with Gasteiger partial charge in [0, 0.05) is 17.5 Å². The van der Waals surface area contributed by atoms with Crippen molar-refractivity contribution in [2.45, 2.75) is 6.42 Å². The molecular formula is C15H15N3O2S. The minimum atomic E-state index is 0.0311. The first-order valence-corrected chi connectivity index (χ1v) is 7.46. The van der Waals surface area contributed by atoms with Crippen molar-refractivity contribution in [3.63, 3.8) is 0 Å². The summed E-state index contributed by atoms with van der Waals surface area (Å²) in [4.78, 5) is 18.1. The number of nitrogens with two attached hydrogens (primary N) is 1. The van der Waals surface area contributed by atoms with Gasteiger partial charge in [0.15, 0.2) is 5.13 Å². The first-order chi connectivity index (χ1) is 10.2. The second kappa shape index (κ2) is 5.57. The van der Waals surface area contributed by atoms with Crippen LogP contribution in [0.25, 0.3) is 11.3 Å². The number of rotatable bonds is 3. The summed E-state index contributed by atoms with van der Waals surface area (Å²) in [5.41, 5.74) is 8.14. The molecule has 0 bridgehead atoms. The van der Waals surface area contributed by atoms with Crippen molar-refractivity contribution in [3.05, 3.63) is 36.2 Å². The molecule has 21 heavy (non-hydrogen) atoms. The maximum Gasteiger partial charge on any atom is 0.230 e. The van der Waals surface area contributed by atoms with E-state index in [2.05, 4.69) is 11.6 Å². The van der Waals surface area contributed by atoms with E-state index in [0.717, 1.165) is 16.9 Å². The Kier molecular flexibility index (Phi) is 3.62. The number of hydrogen-bond acceptors (Lipinski definition) is 5. The molecule has 1 aliphatic rings. The second-order valence-corrected chi connectivity index (χ2v) is 5.53. The van der Waals surface area contributed by atoms with Crippen LogP contribution in [0.2, 0.25) is 0 Å². The first-order valence-electron chi connectivity index (χ1n) is 6.58. The Morgan fingerprint density at radius 2 is 2.38 bits per heavy atom. The van der Waals surface area contributed by atoms with Crippen molar-refractivity contribution in [2.24, 2.45) is 0 Å². The normalized spacial score (nSPS) is 14.3. The van der Waals surface area contributed by atoms with Gasteiger partial charge in [-0.15, -0.1) is 17.9 Å². The fourth-order valence-corrected chi connectivity index (χ4v) is 2.85. The van der Waals surface area contributed by atoms with Crippen molar-refractivity contribution >= 4 is 28.1 Å². The predicted octanol–water partition coefficient (Wildman–Crippen LogP) is 2.69. The van der Waals surface area contributed by atoms with Gasteiger partial charge in [-0.1, -0.05) is 6.08 Å². The van der Waals surface area contributed by atoms with Gasteiger partial charge in [-0.3, -0.25) is 4.79 Å². The number of thiazole rings is 1. The van der Waals surface area contributed by atoms with Gasteiger partial charge in [0.25, 0.3) is 0 Å². The van der Waals surface area contributed by atoms with Crippen molar-refractivity contribution < 1.29 is 9.53 Å². The zero-order chi connectivity index (χ0) is 14.8. The standard InChI is InChI=1S/C15H15N3O2S/c1-2-6-18-12-8-10(11-9-21-15(16)17-11)3-4-13(12)20-7-5-14(18)19/h2-4,8-9H,1,5-7H2,(H2,16,17). The number of hydrogen-bond donors (Lipinski definition) is 1. The molecule has 1 amide bonds. The van der Waals surface area contributed by atoms with Crippen molar-refractivity contribution in [1.29, 1.82) is 0 Å². The van der Waals surface area contributed by atoms with Crippen LogP contribution in [0.5, 0.6) is 5.75 Å². The van der Waals surface area contributed by atoms with E-state index in [1.165, 1.54) is 11.3 Å². The van der Waals surface area contributed by atoms with Crippen LogP contribution in [0.15, 0.2) is 36.2 Å². The molecule has 2 aromatic rings. The molecule has 0 saturated heterocycles. The SMILES string of the molecule is C=CCN1C(=O)CCOc2ccc(-c3csc(N)n3)cc21. The Bertz CT molecular complexity index is 696. The third-order valence-electron chi connectivity index (χ3n) is 3.25. The fraction of sp³-hybridized carbons (Fsp3) is 0.200. The van der Waals surface area contributed by atoms with E-state index >= 15 is 0 Å². The van der Waals surface area contributed by atoms with Crippen LogP contribution in [0, 0.1) is 0 Å². The molecule has 6 heteroatoms. The van der Waals surface area contributed by atoms with Gasteiger partial charge in [-0.2, -0.15) is 0 Å². The smallest absolute Gasteiger partial charge is 0.230 e. The summed E-state index contributed by atoms with van der Waals surface area (Å²) in [6.45, 7) is 4.56. The number of aromatic nitrogens is 1. The summed E-state index contributed by atoms with van der Waals surface area (Å²) in [6.07, 6.45) is 2.07. The topological polar surface area (TPSA) is 68.5 Å². The summed E-state index contributed by atoms with van der Waals surface area (Å²) in [6, 6.07) is 5.71. The van der Waals surface area contributed by atoms with Crippen LogP contribution in [0.3, 0.4) is 0 Å². The van der Waals surface area contributed by atoms with E-state index in [0.29, 0.717) is 30.5 Å². The van der Waals surface area contributed by atoms with Gasteiger partial charge in [0.2, 0.25) is 5.91 Å². The molecule has 0 fully saturated rings. The number of benzene rings is 1. The molecule has 108 valence electrons. The lowest BCUT2D eigenvalue weighted by Crippen LogP contribution is -2.30. The highest BCUT2D eigenvalue weighted by Crippen LogP contribution is 2.36. The van der Waals surface area contributed by atoms with E-state index < -0.39 is 0 Å². The minimum Gasteiger partial charge on any atom is -0.491 e. The Morgan fingerprint density at radius 1 is 1.52 bits per heavy atom. The summed E-state index contributed by atoms with van der Waals surface area (Å²) < 4.78 is 5.65. The number of nitrogen functional groups attached to an aromatic ring is 1. The number of carbonyl (C=O) groups is 1. The molecule has 1 aromatic carbocycles. The average Bonchev–Trinajstić information content (AvgIpc) is 2.85. The first kappa shape index (κ1) is 13.6. The Morgan fingerprint density at radius 3 is 3.10 bits per heavy atom. The van der Waals surface area contributed by atoms with E-state index in [1.807, 2.05) is 23.6 Å². The fourth-order valence-electron chi connectivity index (χ4n) is 2.28. The molecule has 2 N–H and O–H groups in total. The number of ether oxygens (including phenoxy) is 1. The monoisotopic (exact) mass is 301 g/mol. The van der Waals surface area contributed by atoms with Gasteiger partial charge in [-0.05, 0) is 18.2 Å². The van der Waals surface area contributed by atoms with Crippen LogP contribution in [0.1, 0.15) is 6.42 Å². The van der Waals surface area contributed by atoms with E-state index in [-0.39, 0.29) is 5.91 Å². The van der Waals surface area contributed by atoms with Gasteiger partial charge >= 0.3 is 0 Å². The summed E-state index contributed by atoms with van der Waals surface area (Å²) in [7, 11) is 0. The molecule has 0 radical (unpaired) electrons. The summed E-state index contributed by atoms with van der Waals surface area (Å²) >= 11 is 1.39. The number of anilines is 2. The van der Waals surface area contributed by atoms with Crippen molar-refractivity contribution in [1.82, 2.24) is 4.98 Å². The Balaban J connectivity index is 2.07. The van der Waals surface area contributed by atoms with Gasteiger partial charge in [0.05, 0.1) is 24.4 Å². The van der Waals surface area contributed by atoms with Gasteiger partial charge in [0.1, 0.15) is 5.75 Å². The lowest BCUT2D eigenvalue weighted by molar-refractivity contribution is -0.118. The highest BCUT2D eigenvalue weighted by Gasteiger charge is 2.23. The third-order valence-corrected chi connectivity index (χ3v) is 3.93. The Hall–Kier alpha value is -2.34. The molecular weight excluding hydrogens is 286 g/mol. The van der Waals surface area contributed by atoms with Crippen molar-refractivity contribution in [3.8, 4) is 17.0 Å². The summed E-state index contributed by atoms with van der Waals surface area (Å²) in [5, 5.41) is 2.42. The molecule has 1 aromatic heterocycles. The van der Waals surface area contributed by atoms with Crippen LogP contribution in [-0.2, 0) is 4.79 Å². The Labute approximate surface area is 126 Å². The van der Waals surface area contributed by atoms with E-state index in [4.69, 9.17) is 10.5 Å². The van der Waals surface area contributed by atoms with Crippen molar-refractivity contribution in [2.75, 3.05) is 23.8 Å². The molecule has 5 nitrogen and oxygen atoms in total. The second-order valence-electron chi connectivity index (χ2n) is 4.64.